The zero-order chi connectivity index (χ0) is 21.6. The number of anilines is 1. The highest BCUT2D eigenvalue weighted by atomic mass is 19.1. The number of hydrogen-bond donors (Lipinski definition) is 1. The van der Waals surface area contributed by atoms with E-state index in [1.807, 2.05) is 6.07 Å². The molecule has 0 atom stereocenters. The Kier molecular flexibility index (Phi) is 5.84. The molecule has 0 saturated heterocycles. The SMILES string of the molecule is COc1ccc(Oc2ccc(-c3cccc(C(=O)Nc4cccc(F)c4)c3)nn2)cc1. The van der Waals surface area contributed by atoms with Gasteiger partial charge in [0, 0.05) is 22.9 Å². The van der Waals surface area contributed by atoms with Crippen molar-refractivity contribution in [3.63, 3.8) is 0 Å². The minimum absolute atomic E-state index is 0.342. The zero-order valence-electron chi connectivity index (χ0n) is 16.6. The molecule has 0 saturated carbocycles. The lowest BCUT2D eigenvalue weighted by molar-refractivity contribution is 0.102. The van der Waals surface area contributed by atoms with Crippen LogP contribution in [0.15, 0.2) is 84.9 Å². The molecule has 7 heteroatoms. The number of ether oxygens (including phenoxy) is 2. The topological polar surface area (TPSA) is 73.3 Å². The van der Waals surface area contributed by atoms with E-state index in [4.69, 9.17) is 9.47 Å². The first-order chi connectivity index (χ1) is 15.1. The molecule has 0 bridgehead atoms. The molecule has 154 valence electrons. The van der Waals surface area contributed by atoms with E-state index in [2.05, 4.69) is 15.5 Å². The van der Waals surface area contributed by atoms with Gasteiger partial charge in [-0.25, -0.2) is 4.39 Å². The van der Waals surface area contributed by atoms with Gasteiger partial charge in [0.2, 0.25) is 5.88 Å². The Balaban J connectivity index is 1.47. The highest BCUT2D eigenvalue weighted by molar-refractivity contribution is 6.04. The molecule has 1 amide bonds. The number of rotatable bonds is 6. The van der Waals surface area contributed by atoms with Crippen LogP contribution in [0.25, 0.3) is 11.3 Å². The van der Waals surface area contributed by atoms with Gasteiger partial charge >= 0.3 is 0 Å². The third-order valence-corrected chi connectivity index (χ3v) is 4.42. The van der Waals surface area contributed by atoms with Crippen LogP contribution in [0.1, 0.15) is 10.4 Å². The van der Waals surface area contributed by atoms with Gasteiger partial charge in [-0.15, -0.1) is 10.2 Å². The summed E-state index contributed by atoms with van der Waals surface area (Å²) in [6.07, 6.45) is 0. The Bertz CT molecular complexity index is 1200. The van der Waals surface area contributed by atoms with Gasteiger partial charge in [0.25, 0.3) is 5.91 Å². The van der Waals surface area contributed by atoms with E-state index in [0.717, 1.165) is 11.3 Å². The Hall–Kier alpha value is -4.26. The van der Waals surface area contributed by atoms with Gasteiger partial charge in [0.15, 0.2) is 0 Å². The molecule has 0 radical (unpaired) electrons. The van der Waals surface area contributed by atoms with Crippen LogP contribution in [0.3, 0.4) is 0 Å². The average molecular weight is 415 g/mol. The van der Waals surface area contributed by atoms with Crippen molar-refractivity contribution in [3.05, 3.63) is 96.3 Å². The zero-order valence-corrected chi connectivity index (χ0v) is 16.6. The number of hydrogen-bond acceptors (Lipinski definition) is 5. The first-order valence-corrected chi connectivity index (χ1v) is 9.44. The molecular weight excluding hydrogens is 397 g/mol. The first kappa shape index (κ1) is 20.0. The maximum absolute atomic E-state index is 13.3. The number of carbonyl (C=O) groups is 1. The summed E-state index contributed by atoms with van der Waals surface area (Å²) in [6, 6.07) is 23.3. The monoisotopic (exact) mass is 415 g/mol. The van der Waals surface area contributed by atoms with Gasteiger partial charge in [-0.2, -0.15) is 0 Å². The predicted molar refractivity (Wildman–Crippen MR) is 115 cm³/mol. The van der Waals surface area contributed by atoms with Crippen LogP contribution in [0, 0.1) is 5.82 Å². The van der Waals surface area contributed by atoms with Crippen LogP contribution in [-0.2, 0) is 0 Å². The van der Waals surface area contributed by atoms with E-state index >= 15 is 0 Å². The number of amides is 1. The number of nitrogens with zero attached hydrogens (tertiary/aromatic N) is 2. The number of nitrogens with one attached hydrogen (secondary N) is 1. The second kappa shape index (κ2) is 9.04. The maximum Gasteiger partial charge on any atom is 0.255 e. The molecule has 0 spiro atoms. The minimum atomic E-state index is -0.418. The van der Waals surface area contributed by atoms with Crippen molar-refractivity contribution in [2.24, 2.45) is 0 Å². The molecule has 0 aliphatic rings. The quantitative estimate of drug-likeness (QED) is 0.460. The van der Waals surface area contributed by atoms with E-state index in [9.17, 15) is 9.18 Å². The third kappa shape index (κ3) is 5.02. The van der Waals surface area contributed by atoms with Crippen molar-refractivity contribution in [2.45, 2.75) is 0 Å². The van der Waals surface area contributed by atoms with Crippen molar-refractivity contribution in [3.8, 4) is 28.6 Å². The molecule has 4 rings (SSSR count). The Morgan fingerprint density at radius 2 is 1.65 bits per heavy atom. The fraction of sp³-hybridized carbons (Fsp3) is 0.0417. The molecule has 31 heavy (non-hydrogen) atoms. The van der Waals surface area contributed by atoms with Crippen molar-refractivity contribution in [2.75, 3.05) is 12.4 Å². The fourth-order valence-corrected chi connectivity index (χ4v) is 2.88. The van der Waals surface area contributed by atoms with E-state index in [1.165, 1.54) is 18.2 Å². The van der Waals surface area contributed by atoms with Crippen molar-refractivity contribution in [1.29, 1.82) is 0 Å². The number of methoxy groups -OCH3 is 1. The van der Waals surface area contributed by atoms with Gasteiger partial charge in [0.05, 0.1) is 12.8 Å². The summed E-state index contributed by atoms with van der Waals surface area (Å²) >= 11 is 0. The third-order valence-electron chi connectivity index (χ3n) is 4.42. The number of benzene rings is 3. The Morgan fingerprint density at radius 1 is 0.871 bits per heavy atom. The second-order valence-electron chi connectivity index (χ2n) is 6.58. The van der Waals surface area contributed by atoms with Gasteiger partial charge in [-0.1, -0.05) is 18.2 Å². The molecule has 0 fully saturated rings. The fourth-order valence-electron chi connectivity index (χ4n) is 2.88. The van der Waals surface area contributed by atoms with Crippen LogP contribution in [0.5, 0.6) is 17.4 Å². The first-order valence-electron chi connectivity index (χ1n) is 9.44. The maximum atomic E-state index is 13.3. The Morgan fingerprint density at radius 3 is 2.35 bits per heavy atom. The van der Waals surface area contributed by atoms with E-state index in [-0.39, 0.29) is 5.91 Å². The smallest absolute Gasteiger partial charge is 0.255 e. The van der Waals surface area contributed by atoms with Crippen LogP contribution in [0.4, 0.5) is 10.1 Å². The summed E-state index contributed by atoms with van der Waals surface area (Å²) in [5, 5.41) is 11.0. The summed E-state index contributed by atoms with van der Waals surface area (Å²) < 4.78 is 24.1. The second-order valence-corrected chi connectivity index (χ2v) is 6.58. The van der Waals surface area contributed by atoms with Gasteiger partial charge in [0.1, 0.15) is 17.3 Å². The van der Waals surface area contributed by atoms with Crippen molar-refractivity contribution >= 4 is 11.6 Å². The molecule has 1 aromatic heterocycles. The van der Waals surface area contributed by atoms with Gasteiger partial charge in [-0.05, 0) is 60.7 Å². The molecule has 4 aromatic rings. The van der Waals surface area contributed by atoms with Crippen LogP contribution < -0.4 is 14.8 Å². The summed E-state index contributed by atoms with van der Waals surface area (Å²) in [5.74, 6) is 0.918. The largest absolute Gasteiger partial charge is 0.497 e. The summed E-state index contributed by atoms with van der Waals surface area (Å²) in [7, 11) is 1.60. The van der Waals surface area contributed by atoms with Crippen LogP contribution >= 0.6 is 0 Å². The highest BCUT2D eigenvalue weighted by Crippen LogP contribution is 2.24. The molecule has 0 aliphatic heterocycles. The summed E-state index contributed by atoms with van der Waals surface area (Å²) in [6.45, 7) is 0. The average Bonchev–Trinajstić information content (AvgIpc) is 2.80. The lowest BCUT2D eigenvalue weighted by Crippen LogP contribution is -2.12. The molecule has 6 nitrogen and oxygen atoms in total. The van der Waals surface area contributed by atoms with Crippen molar-refractivity contribution < 1.29 is 18.7 Å². The highest BCUT2D eigenvalue weighted by Gasteiger charge is 2.10. The molecule has 0 aliphatic carbocycles. The number of carbonyl (C=O) groups excluding carboxylic acids is 1. The van der Waals surface area contributed by atoms with Crippen LogP contribution in [0.2, 0.25) is 0 Å². The van der Waals surface area contributed by atoms with Crippen molar-refractivity contribution in [1.82, 2.24) is 10.2 Å². The van der Waals surface area contributed by atoms with Gasteiger partial charge < -0.3 is 14.8 Å². The van der Waals surface area contributed by atoms with Gasteiger partial charge in [-0.3, -0.25) is 4.79 Å². The number of aromatic nitrogens is 2. The molecule has 1 heterocycles. The molecule has 3 aromatic carbocycles. The normalized spacial score (nSPS) is 10.4. The summed E-state index contributed by atoms with van der Waals surface area (Å²) in [4.78, 5) is 12.5. The lowest BCUT2D eigenvalue weighted by Gasteiger charge is -2.08. The number of halogens is 1. The summed E-state index contributed by atoms with van der Waals surface area (Å²) in [5.41, 5.74) is 2.11. The van der Waals surface area contributed by atoms with E-state index in [1.54, 1.807) is 67.8 Å². The van der Waals surface area contributed by atoms with E-state index < -0.39 is 5.82 Å². The van der Waals surface area contributed by atoms with E-state index in [0.29, 0.717) is 28.6 Å². The molecule has 0 unspecified atom stereocenters. The molecule has 1 N–H and O–H groups in total. The minimum Gasteiger partial charge on any atom is -0.497 e. The predicted octanol–water partition coefficient (Wildman–Crippen LogP) is 5.34. The van der Waals surface area contributed by atoms with Crippen LogP contribution in [-0.4, -0.2) is 23.2 Å². The molecular formula is C24H18FN3O3. The Labute approximate surface area is 178 Å². The lowest BCUT2D eigenvalue weighted by atomic mass is 10.1. The standard InChI is InChI=1S/C24H18FN3O3/c1-30-20-8-10-21(11-9-20)31-23-13-12-22(27-28-23)16-4-2-5-17(14-16)24(29)26-19-7-3-6-18(25)15-19/h2-15H,1H3,(H,26,29).